The molecule has 1 fully saturated rings. The van der Waals surface area contributed by atoms with Crippen molar-refractivity contribution in [1.29, 1.82) is 0 Å². The van der Waals surface area contributed by atoms with Crippen LogP contribution in [0.4, 0.5) is 11.4 Å². The van der Waals surface area contributed by atoms with Crippen LogP contribution in [0.15, 0.2) is 26.9 Å². The third-order valence-electron chi connectivity index (χ3n) is 4.00. The molecule has 110 valence electrons. The molecule has 0 aromatic heterocycles. The molecule has 1 saturated heterocycles. The van der Waals surface area contributed by atoms with Gasteiger partial charge in [-0.15, -0.1) is 0 Å². The lowest BCUT2D eigenvalue weighted by molar-refractivity contribution is -0.150. The SMILES string of the molecule is CC1(C(=O)O)CCCN(C(=O)c2ccc3c(c2)N=S=N3)C1. The number of carbonyl (C=O) groups is 2. The smallest absolute Gasteiger partial charge is 0.311 e. The molecule has 1 atom stereocenters. The average Bonchev–Trinajstić information content (AvgIpc) is 2.93. The van der Waals surface area contributed by atoms with Gasteiger partial charge in [-0.1, -0.05) is 0 Å². The Bertz CT molecular complexity index is 697. The highest BCUT2D eigenvalue weighted by Gasteiger charge is 2.39. The molecule has 21 heavy (non-hydrogen) atoms. The van der Waals surface area contributed by atoms with Crippen molar-refractivity contribution in [2.45, 2.75) is 19.8 Å². The number of hydrogen-bond acceptors (Lipinski definition) is 4. The first kappa shape index (κ1) is 13.9. The van der Waals surface area contributed by atoms with Gasteiger partial charge >= 0.3 is 5.97 Å². The number of piperidine rings is 1. The number of hydrogen-bond donors (Lipinski definition) is 1. The Balaban J connectivity index is 1.82. The van der Waals surface area contributed by atoms with Crippen molar-refractivity contribution in [1.82, 2.24) is 4.90 Å². The Labute approximate surface area is 125 Å². The minimum Gasteiger partial charge on any atom is -0.481 e. The summed E-state index contributed by atoms with van der Waals surface area (Å²) in [6.45, 7) is 2.53. The second-order valence-electron chi connectivity index (χ2n) is 5.66. The molecule has 1 aromatic carbocycles. The van der Waals surface area contributed by atoms with Crippen molar-refractivity contribution in [3.8, 4) is 0 Å². The molecule has 0 saturated carbocycles. The van der Waals surface area contributed by atoms with Gasteiger partial charge in [0.05, 0.1) is 16.8 Å². The van der Waals surface area contributed by atoms with Gasteiger partial charge in [0, 0.05) is 18.7 Å². The summed E-state index contributed by atoms with van der Waals surface area (Å²) in [5, 5.41) is 9.33. The Morgan fingerprint density at radius 2 is 2.10 bits per heavy atom. The van der Waals surface area contributed by atoms with Gasteiger partial charge in [-0.05, 0) is 38.0 Å². The number of rotatable bonds is 2. The van der Waals surface area contributed by atoms with Crippen LogP contribution in [0.25, 0.3) is 0 Å². The van der Waals surface area contributed by atoms with Crippen LogP contribution in [0.1, 0.15) is 30.1 Å². The molecule has 3 rings (SSSR count). The number of fused-ring (bicyclic) bond motifs is 1. The van der Waals surface area contributed by atoms with Gasteiger partial charge in [0.15, 0.2) is 0 Å². The van der Waals surface area contributed by atoms with Crippen LogP contribution >= 0.6 is 0 Å². The maximum absolute atomic E-state index is 12.6. The predicted octanol–water partition coefficient (Wildman–Crippen LogP) is 2.74. The van der Waals surface area contributed by atoms with Crippen LogP contribution in [0.5, 0.6) is 0 Å². The second kappa shape index (κ2) is 5.07. The predicted molar refractivity (Wildman–Crippen MR) is 78.9 cm³/mol. The minimum absolute atomic E-state index is 0.142. The molecule has 0 bridgehead atoms. The molecule has 0 radical (unpaired) electrons. The van der Waals surface area contributed by atoms with Crippen LogP contribution < -0.4 is 0 Å². The van der Waals surface area contributed by atoms with Gasteiger partial charge in [0.1, 0.15) is 11.4 Å². The maximum Gasteiger partial charge on any atom is 0.311 e. The maximum atomic E-state index is 12.6. The lowest BCUT2D eigenvalue weighted by Gasteiger charge is -2.37. The molecular weight excluding hydrogens is 290 g/mol. The van der Waals surface area contributed by atoms with Crippen molar-refractivity contribution in [2.24, 2.45) is 14.1 Å². The van der Waals surface area contributed by atoms with E-state index >= 15 is 0 Å². The van der Waals surface area contributed by atoms with Crippen molar-refractivity contribution in [2.75, 3.05) is 13.1 Å². The molecule has 1 amide bonds. The monoisotopic (exact) mass is 305 g/mol. The van der Waals surface area contributed by atoms with Gasteiger partial charge in [-0.3, -0.25) is 9.59 Å². The Morgan fingerprint density at radius 1 is 1.33 bits per heavy atom. The Morgan fingerprint density at radius 3 is 2.86 bits per heavy atom. The topological polar surface area (TPSA) is 82.3 Å². The normalized spacial score (nSPS) is 23.6. The summed E-state index contributed by atoms with van der Waals surface area (Å²) in [4.78, 5) is 25.6. The Hall–Kier alpha value is -2.02. The highest BCUT2D eigenvalue weighted by molar-refractivity contribution is 7.58. The third kappa shape index (κ3) is 2.49. The summed E-state index contributed by atoms with van der Waals surface area (Å²) in [7, 11) is 0. The summed E-state index contributed by atoms with van der Waals surface area (Å²) in [6, 6.07) is 5.21. The molecule has 0 spiro atoms. The highest BCUT2D eigenvalue weighted by Crippen LogP contribution is 2.34. The van der Waals surface area contributed by atoms with E-state index in [0.29, 0.717) is 30.6 Å². The zero-order valence-electron chi connectivity index (χ0n) is 11.6. The molecule has 7 heteroatoms. The van der Waals surface area contributed by atoms with Gasteiger partial charge in [0.2, 0.25) is 0 Å². The summed E-state index contributed by atoms with van der Waals surface area (Å²) in [5.74, 6) is -0.990. The van der Waals surface area contributed by atoms with Gasteiger partial charge in [0.25, 0.3) is 5.91 Å². The number of carboxylic acids is 1. The van der Waals surface area contributed by atoms with Crippen LogP contribution in [-0.2, 0) is 16.1 Å². The van der Waals surface area contributed by atoms with E-state index in [-0.39, 0.29) is 12.5 Å². The van der Waals surface area contributed by atoms with E-state index in [1.807, 2.05) is 0 Å². The van der Waals surface area contributed by atoms with E-state index in [1.165, 1.54) is 0 Å². The zero-order valence-corrected chi connectivity index (χ0v) is 12.4. The number of nitrogens with zero attached hydrogens (tertiary/aromatic N) is 3. The lowest BCUT2D eigenvalue weighted by Crippen LogP contribution is -2.48. The number of carbonyl (C=O) groups excluding carboxylic acids is 1. The number of carboxylic acid groups (broad SMARTS) is 1. The summed E-state index contributed by atoms with van der Waals surface area (Å²) < 4.78 is 8.24. The van der Waals surface area contributed by atoms with Crippen LogP contribution in [0, 0.1) is 5.41 Å². The van der Waals surface area contributed by atoms with E-state index in [9.17, 15) is 14.7 Å². The highest BCUT2D eigenvalue weighted by atomic mass is 32.1. The van der Waals surface area contributed by atoms with E-state index in [0.717, 1.165) is 17.0 Å². The van der Waals surface area contributed by atoms with Crippen molar-refractivity contribution in [3.05, 3.63) is 23.8 Å². The fourth-order valence-electron chi connectivity index (χ4n) is 2.69. The van der Waals surface area contributed by atoms with E-state index in [1.54, 1.807) is 30.0 Å². The number of aliphatic carboxylic acids is 1. The fraction of sp³-hybridized carbons (Fsp3) is 0.429. The van der Waals surface area contributed by atoms with E-state index < -0.39 is 11.4 Å². The van der Waals surface area contributed by atoms with Gasteiger partial charge in [-0.2, -0.15) is 8.73 Å². The first-order valence-electron chi connectivity index (χ1n) is 6.75. The fourth-order valence-corrected chi connectivity index (χ4v) is 3.20. The third-order valence-corrected chi connectivity index (χ3v) is 4.56. The molecule has 0 aliphatic carbocycles. The molecule has 2 aliphatic rings. The molecule has 1 aromatic rings. The number of amides is 1. The quantitative estimate of drug-likeness (QED) is 0.926. The lowest BCUT2D eigenvalue weighted by atomic mass is 9.82. The molecular formula is C14H15N3O3S. The standard InChI is InChI=1S/C14H15N3O3S/c1-14(13(19)20)5-2-6-17(8-14)12(18)9-3-4-10-11(7-9)16-21-15-10/h3-4,7H,2,5-6,8H2,1H3,(H,19,20). The second-order valence-corrected chi connectivity index (χ2v) is 6.19. The minimum atomic E-state index is -0.861. The first-order chi connectivity index (χ1) is 9.99. The van der Waals surface area contributed by atoms with Crippen LogP contribution in [-0.4, -0.2) is 35.0 Å². The molecule has 6 nitrogen and oxygen atoms in total. The van der Waals surface area contributed by atoms with Crippen LogP contribution in [0.3, 0.4) is 0 Å². The number of likely N-dealkylation sites (tertiary alicyclic amines) is 1. The van der Waals surface area contributed by atoms with E-state index in [4.69, 9.17) is 0 Å². The van der Waals surface area contributed by atoms with Crippen molar-refractivity contribution >= 4 is 34.6 Å². The van der Waals surface area contributed by atoms with E-state index in [2.05, 4.69) is 8.73 Å². The summed E-state index contributed by atoms with van der Waals surface area (Å²) in [5.41, 5.74) is 1.14. The number of benzene rings is 1. The molecule has 2 heterocycles. The first-order valence-corrected chi connectivity index (χ1v) is 7.48. The summed E-state index contributed by atoms with van der Waals surface area (Å²) >= 11 is 1.11. The van der Waals surface area contributed by atoms with Gasteiger partial charge in [-0.25, -0.2) is 0 Å². The molecule has 1 N–H and O–H groups in total. The Kier molecular flexibility index (Phi) is 3.36. The zero-order chi connectivity index (χ0) is 15.0. The van der Waals surface area contributed by atoms with Crippen molar-refractivity contribution in [3.63, 3.8) is 0 Å². The summed E-state index contributed by atoms with van der Waals surface area (Å²) in [6.07, 6.45) is 1.30. The molecule has 1 unspecified atom stereocenters. The van der Waals surface area contributed by atoms with Crippen molar-refractivity contribution < 1.29 is 14.7 Å². The molecule has 2 aliphatic heterocycles. The van der Waals surface area contributed by atoms with Gasteiger partial charge < -0.3 is 10.0 Å². The van der Waals surface area contributed by atoms with Crippen LogP contribution in [0.2, 0.25) is 0 Å². The largest absolute Gasteiger partial charge is 0.481 e. The average molecular weight is 305 g/mol.